The molecule has 2 amide bonds. The molecule has 1 aromatic carbocycles. The van der Waals surface area contributed by atoms with Gasteiger partial charge in [0.25, 0.3) is 11.8 Å². The van der Waals surface area contributed by atoms with Gasteiger partial charge in [0.05, 0.1) is 30.2 Å². The number of nitrogens with zero attached hydrogens (tertiary/aromatic N) is 3. The van der Waals surface area contributed by atoms with Crippen molar-refractivity contribution in [3.63, 3.8) is 0 Å². The second-order valence-corrected chi connectivity index (χ2v) is 13.1. The molecule has 220 valence electrons. The predicted octanol–water partition coefficient (Wildman–Crippen LogP) is 2.49. The number of aromatic nitrogens is 1. The number of rotatable bonds is 7. The molecular formula is C28H32F2N4O6S. The number of hydrogen-bond donors (Lipinski definition) is 1. The summed E-state index contributed by atoms with van der Waals surface area (Å²) in [4.78, 5) is 33.4. The van der Waals surface area contributed by atoms with Crippen LogP contribution in [-0.4, -0.2) is 86.7 Å². The van der Waals surface area contributed by atoms with Crippen molar-refractivity contribution < 1.29 is 36.3 Å². The molecule has 0 radical (unpaired) electrons. The highest BCUT2D eigenvalue weighted by Crippen LogP contribution is 2.42. The molecule has 6 rings (SSSR count). The van der Waals surface area contributed by atoms with Crippen molar-refractivity contribution in [1.82, 2.24) is 14.8 Å². The van der Waals surface area contributed by atoms with E-state index in [-0.39, 0.29) is 43.6 Å². The van der Waals surface area contributed by atoms with Crippen LogP contribution in [0.1, 0.15) is 58.0 Å². The molecule has 3 saturated heterocycles. The Morgan fingerprint density at radius 1 is 1.05 bits per heavy atom. The zero-order valence-electron chi connectivity index (χ0n) is 22.4. The lowest BCUT2D eigenvalue weighted by Gasteiger charge is -2.24. The molecule has 1 saturated carbocycles. The number of ether oxygens (including phenoxy) is 2. The van der Waals surface area contributed by atoms with Gasteiger partial charge in [-0.2, -0.15) is 0 Å². The Balaban J connectivity index is 1.13. The molecule has 2 N–H and O–H groups in total. The summed E-state index contributed by atoms with van der Waals surface area (Å²) in [6.45, 7) is 1.50. The molecule has 4 fully saturated rings. The molecule has 10 nitrogen and oxygen atoms in total. The first-order valence-corrected chi connectivity index (χ1v) is 15.4. The van der Waals surface area contributed by atoms with E-state index in [2.05, 4.69) is 4.98 Å². The van der Waals surface area contributed by atoms with Crippen LogP contribution in [-0.2, 0) is 14.8 Å². The molecule has 0 unspecified atom stereocenters. The predicted molar refractivity (Wildman–Crippen MR) is 142 cm³/mol. The van der Waals surface area contributed by atoms with Gasteiger partial charge >= 0.3 is 0 Å². The van der Waals surface area contributed by atoms with Gasteiger partial charge in [-0.1, -0.05) is 0 Å². The number of alkyl halides is 1. The van der Waals surface area contributed by atoms with Gasteiger partial charge in [0.1, 0.15) is 5.82 Å². The third kappa shape index (κ3) is 5.80. The van der Waals surface area contributed by atoms with Crippen molar-refractivity contribution in [3.05, 3.63) is 53.0 Å². The average molecular weight is 591 g/mol. The summed E-state index contributed by atoms with van der Waals surface area (Å²) in [5.74, 6) is -1.72. The molecule has 1 aliphatic carbocycles. The van der Waals surface area contributed by atoms with Crippen LogP contribution < -0.4 is 9.88 Å². The van der Waals surface area contributed by atoms with Crippen LogP contribution in [0.2, 0.25) is 0 Å². The van der Waals surface area contributed by atoms with E-state index in [4.69, 9.17) is 14.6 Å². The quantitative estimate of drug-likeness (QED) is 0.524. The molecule has 3 aliphatic heterocycles. The van der Waals surface area contributed by atoms with E-state index < -0.39 is 38.2 Å². The molecular weight excluding hydrogens is 558 g/mol. The SMILES string of the molecule is NS(=O)(=O)c1ccc(C(=O)N2C[C@H]3CN(C(=O)c4cc(OCC5CCOCC5)nc(C5CC5)c4)C[C@]3(F)C2)c(F)c1. The molecule has 1 aromatic heterocycles. The van der Waals surface area contributed by atoms with E-state index >= 15 is 4.39 Å². The molecule has 4 aliphatic rings. The average Bonchev–Trinajstić information content (AvgIpc) is 3.67. The van der Waals surface area contributed by atoms with Gasteiger partial charge in [-0.3, -0.25) is 9.59 Å². The van der Waals surface area contributed by atoms with Crippen LogP contribution in [0.25, 0.3) is 0 Å². The van der Waals surface area contributed by atoms with Crippen molar-refractivity contribution >= 4 is 21.8 Å². The van der Waals surface area contributed by atoms with Crippen molar-refractivity contribution in [2.24, 2.45) is 17.0 Å². The summed E-state index contributed by atoms with van der Waals surface area (Å²) in [5, 5.41) is 5.03. The van der Waals surface area contributed by atoms with Crippen LogP contribution in [0.15, 0.2) is 35.2 Å². The molecule has 0 spiro atoms. The van der Waals surface area contributed by atoms with Crippen molar-refractivity contribution in [2.45, 2.75) is 42.2 Å². The second kappa shape index (κ2) is 10.6. The zero-order valence-corrected chi connectivity index (χ0v) is 23.2. The van der Waals surface area contributed by atoms with E-state index in [0.29, 0.717) is 43.2 Å². The number of carbonyl (C=O) groups excluding carboxylic acids is 2. The number of halogens is 2. The van der Waals surface area contributed by atoms with Gasteiger partial charge in [0, 0.05) is 55.5 Å². The fraction of sp³-hybridized carbons (Fsp3) is 0.536. The number of hydrogen-bond acceptors (Lipinski definition) is 7. The number of pyridine rings is 1. The van der Waals surface area contributed by atoms with Gasteiger partial charge in [0.2, 0.25) is 15.9 Å². The van der Waals surface area contributed by atoms with Gasteiger partial charge in [-0.15, -0.1) is 0 Å². The van der Waals surface area contributed by atoms with E-state index in [1.165, 1.54) is 9.80 Å². The van der Waals surface area contributed by atoms with E-state index in [1.54, 1.807) is 12.1 Å². The molecule has 0 bridgehead atoms. The molecule has 4 heterocycles. The highest BCUT2D eigenvalue weighted by molar-refractivity contribution is 7.89. The zero-order chi connectivity index (χ0) is 28.9. The van der Waals surface area contributed by atoms with Crippen LogP contribution in [0, 0.1) is 17.7 Å². The summed E-state index contributed by atoms with van der Waals surface area (Å²) in [6, 6.07) is 6.15. The second-order valence-electron chi connectivity index (χ2n) is 11.5. The van der Waals surface area contributed by atoms with Crippen molar-refractivity contribution in [1.29, 1.82) is 0 Å². The number of carbonyl (C=O) groups is 2. The van der Waals surface area contributed by atoms with Gasteiger partial charge in [-0.05, 0) is 55.9 Å². The Morgan fingerprint density at radius 3 is 2.34 bits per heavy atom. The molecule has 2 aromatic rings. The number of likely N-dealkylation sites (tertiary alicyclic amines) is 2. The van der Waals surface area contributed by atoms with E-state index in [9.17, 15) is 22.4 Å². The minimum atomic E-state index is -4.14. The first-order valence-electron chi connectivity index (χ1n) is 13.8. The summed E-state index contributed by atoms with van der Waals surface area (Å²) in [6.07, 6.45) is 3.82. The fourth-order valence-corrected chi connectivity index (χ4v) is 6.45. The van der Waals surface area contributed by atoms with Gasteiger partial charge in [0.15, 0.2) is 5.67 Å². The number of amides is 2. The maximum absolute atomic E-state index is 16.1. The number of fused-ring (bicyclic) bond motifs is 1. The Hall–Kier alpha value is -3.16. The smallest absolute Gasteiger partial charge is 0.256 e. The topological polar surface area (TPSA) is 132 Å². The standard InChI is InChI=1S/C28H32F2N4O6S/c29-23-11-21(41(31,37)38)3-4-22(23)27(36)34-13-20-12-33(15-28(20,30)16-34)26(35)19-9-24(18-1-2-18)32-25(10-19)40-14-17-5-7-39-8-6-17/h3-4,9-11,17-18,20H,1-2,5-8,12-16H2,(H2,31,37,38)/t20-,28+/m1/s1. The Labute approximate surface area is 236 Å². The summed E-state index contributed by atoms with van der Waals surface area (Å²) in [5.41, 5.74) is -1.01. The number of nitrogens with two attached hydrogens (primary N) is 1. The summed E-state index contributed by atoms with van der Waals surface area (Å²) in [7, 11) is -4.14. The first kappa shape index (κ1) is 28.0. The first-order chi connectivity index (χ1) is 19.5. The third-order valence-electron chi connectivity index (χ3n) is 8.47. The van der Waals surface area contributed by atoms with E-state index in [0.717, 1.165) is 43.5 Å². The molecule has 41 heavy (non-hydrogen) atoms. The highest BCUT2D eigenvalue weighted by atomic mass is 32.2. The molecule has 13 heteroatoms. The minimum absolute atomic E-state index is 0.00136. The normalized spacial score (nSPS) is 24.9. The summed E-state index contributed by atoms with van der Waals surface area (Å²) < 4.78 is 65.0. The van der Waals surface area contributed by atoms with E-state index in [1.807, 2.05) is 0 Å². The Kier molecular flexibility index (Phi) is 7.23. The van der Waals surface area contributed by atoms with Crippen LogP contribution >= 0.6 is 0 Å². The minimum Gasteiger partial charge on any atom is -0.477 e. The number of benzene rings is 1. The van der Waals surface area contributed by atoms with Crippen molar-refractivity contribution in [3.8, 4) is 5.88 Å². The lowest BCUT2D eigenvalue weighted by Crippen LogP contribution is -2.40. The maximum Gasteiger partial charge on any atom is 0.256 e. The Bertz CT molecular complexity index is 1480. The monoisotopic (exact) mass is 590 g/mol. The fourth-order valence-electron chi connectivity index (χ4n) is 5.93. The summed E-state index contributed by atoms with van der Waals surface area (Å²) >= 11 is 0. The van der Waals surface area contributed by atoms with Crippen LogP contribution in [0.3, 0.4) is 0 Å². The largest absolute Gasteiger partial charge is 0.477 e. The lowest BCUT2D eigenvalue weighted by atomic mass is 9.97. The molecule has 2 atom stereocenters. The van der Waals surface area contributed by atoms with Crippen molar-refractivity contribution in [2.75, 3.05) is 46.0 Å². The number of primary sulfonamides is 1. The van der Waals surface area contributed by atoms with Gasteiger partial charge < -0.3 is 19.3 Å². The van der Waals surface area contributed by atoms with Crippen LogP contribution in [0.4, 0.5) is 8.78 Å². The third-order valence-corrected chi connectivity index (χ3v) is 9.38. The van der Waals surface area contributed by atoms with Crippen LogP contribution in [0.5, 0.6) is 5.88 Å². The highest BCUT2D eigenvalue weighted by Gasteiger charge is 2.55. The lowest BCUT2D eigenvalue weighted by molar-refractivity contribution is 0.0490. The Morgan fingerprint density at radius 2 is 1.73 bits per heavy atom. The van der Waals surface area contributed by atoms with Gasteiger partial charge in [-0.25, -0.2) is 27.3 Å². The number of sulfonamides is 1. The maximum atomic E-state index is 16.1.